The number of rotatable bonds is 2. The van der Waals surface area contributed by atoms with Gasteiger partial charge in [-0.3, -0.25) is 0 Å². The Morgan fingerprint density at radius 2 is 2.00 bits per heavy atom. The number of pyridine rings is 1. The summed E-state index contributed by atoms with van der Waals surface area (Å²) in [5, 5.41) is 0. The van der Waals surface area contributed by atoms with E-state index in [1.165, 1.54) is 0 Å². The lowest BCUT2D eigenvalue weighted by Crippen LogP contribution is -2.08. The predicted octanol–water partition coefficient (Wildman–Crippen LogP) is 3.70. The molecule has 0 spiro atoms. The molecule has 2 nitrogen and oxygen atoms in total. The molecule has 72 valence electrons. The molecule has 0 fully saturated rings. The molecule has 0 amide bonds. The van der Waals surface area contributed by atoms with Crippen LogP contribution in [0.3, 0.4) is 0 Å². The van der Waals surface area contributed by atoms with E-state index in [0.29, 0.717) is 5.88 Å². The SMILES string of the molecule is Cc1cc(Br)c(Br)nc1OC(C)C. The fourth-order valence-electron chi connectivity index (χ4n) is 0.885. The van der Waals surface area contributed by atoms with Gasteiger partial charge in [-0.05, 0) is 58.7 Å². The van der Waals surface area contributed by atoms with Crippen LogP contribution in [0.15, 0.2) is 15.1 Å². The topological polar surface area (TPSA) is 22.1 Å². The molecule has 0 aliphatic heterocycles. The van der Waals surface area contributed by atoms with Crippen LogP contribution in [0.4, 0.5) is 0 Å². The lowest BCUT2D eigenvalue weighted by molar-refractivity contribution is 0.230. The zero-order chi connectivity index (χ0) is 10.0. The van der Waals surface area contributed by atoms with E-state index in [2.05, 4.69) is 36.8 Å². The summed E-state index contributed by atoms with van der Waals surface area (Å²) in [6, 6.07) is 1.98. The van der Waals surface area contributed by atoms with Gasteiger partial charge in [-0.15, -0.1) is 0 Å². The molecule has 0 aliphatic carbocycles. The van der Waals surface area contributed by atoms with Crippen LogP contribution in [0.2, 0.25) is 0 Å². The minimum atomic E-state index is 0.152. The van der Waals surface area contributed by atoms with Crippen molar-refractivity contribution < 1.29 is 4.74 Å². The third-order valence-corrected chi connectivity index (χ3v) is 3.17. The number of halogens is 2. The average Bonchev–Trinajstić information content (AvgIpc) is 1.99. The molecule has 0 aromatic carbocycles. The largest absolute Gasteiger partial charge is 0.475 e. The molecule has 0 aliphatic rings. The molecule has 1 aromatic rings. The Morgan fingerprint density at radius 3 is 2.54 bits per heavy atom. The highest BCUT2D eigenvalue weighted by molar-refractivity contribution is 9.13. The fraction of sp³-hybridized carbons (Fsp3) is 0.444. The molecule has 0 unspecified atom stereocenters. The Kier molecular flexibility index (Phi) is 3.74. The second-order valence-electron chi connectivity index (χ2n) is 3.05. The van der Waals surface area contributed by atoms with Crippen LogP contribution in [-0.2, 0) is 0 Å². The van der Waals surface area contributed by atoms with Gasteiger partial charge in [0.2, 0.25) is 5.88 Å². The molecule has 13 heavy (non-hydrogen) atoms. The molecule has 0 saturated carbocycles. The molecule has 0 saturated heterocycles. The number of nitrogens with zero attached hydrogens (tertiary/aromatic N) is 1. The Hall–Kier alpha value is -0.0900. The van der Waals surface area contributed by atoms with E-state index in [0.717, 1.165) is 14.6 Å². The van der Waals surface area contributed by atoms with Gasteiger partial charge in [-0.1, -0.05) is 0 Å². The number of hydrogen-bond donors (Lipinski definition) is 0. The Labute approximate surface area is 95.0 Å². The van der Waals surface area contributed by atoms with Gasteiger partial charge in [0.05, 0.1) is 10.6 Å². The van der Waals surface area contributed by atoms with Crippen LogP contribution in [0.5, 0.6) is 5.88 Å². The number of aryl methyl sites for hydroxylation is 1. The van der Waals surface area contributed by atoms with Crippen molar-refractivity contribution in [1.82, 2.24) is 4.98 Å². The molecule has 0 atom stereocenters. The van der Waals surface area contributed by atoms with E-state index in [1.807, 2.05) is 26.8 Å². The number of aromatic nitrogens is 1. The molecule has 0 bridgehead atoms. The van der Waals surface area contributed by atoms with Crippen molar-refractivity contribution in [1.29, 1.82) is 0 Å². The van der Waals surface area contributed by atoms with Crippen molar-refractivity contribution in [2.75, 3.05) is 0 Å². The first-order valence-electron chi connectivity index (χ1n) is 4.00. The number of hydrogen-bond acceptors (Lipinski definition) is 2. The monoisotopic (exact) mass is 307 g/mol. The van der Waals surface area contributed by atoms with E-state index < -0.39 is 0 Å². The van der Waals surface area contributed by atoms with Crippen molar-refractivity contribution in [3.8, 4) is 5.88 Å². The Bertz CT molecular complexity index is 313. The van der Waals surface area contributed by atoms with Crippen LogP contribution in [0, 0.1) is 6.92 Å². The van der Waals surface area contributed by atoms with E-state index >= 15 is 0 Å². The average molecular weight is 309 g/mol. The van der Waals surface area contributed by atoms with Crippen LogP contribution in [-0.4, -0.2) is 11.1 Å². The Morgan fingerprint density at radius 1 is 1.38 bits per heavy atom. The fourth-order valence-corrected chi connectivity index (χ4v) is 1.59. The highest BCUT2D eigenvalue weighted by atomic mass is 79.9. The molecular weight excluding hydrogens is 298 g/mol. The molecule has 1 rings (SSSR count). The summed E-state index contributed by atoms with van der Waals surface area (Å²) in [6.45, 7) is 5.94. The van der Waals surface area contributed by atoms with Gasteiger partial charge in [0, 0.05) is 5.56 Å². The Balaban J connectivity index is 3.01. The highest BCUT2D eigenvalue weighted by Crippen LogP contribution is 2.27. The van der Waals surface area contributed by atoms with Gasteiger partial charge in [-0.25, -0.2) is 4.98 Å². The van der Waals surface area contributed by atoms with Gasteiger partial charge < -0.3 is 4.74 Å². The summed E-state index contributed by atoms with van der Waals surface area (Å²) in [5.74, 6) is 0.685. The first-order chi connectivity index (χ1) is 6.00. The van der Waals surface area contributed by atoms with Gasteiger partial charge in [0.25, 0.3) is 0 Å². The van der Waals surface area contributed by atoms with Crippen LogP contribution in [0.1, 0.15) is 19.4 Å². The second-order valence-corrected chi connectivity index (χ2v) is 4.66. The second kappa shape index (κ2) is 4.42. The van der Waals surface area contributed by atoms with Crippen molar-refractivity contribution in [2.24, 2.45) is 0 Å². The summed E-state index contributed by atoms with van der Waals surface area (Å²) in [4.78, 5) is 4.26. The van der Waals surface area contributed by atoms with E-state index in [4.69, 9.17) is 4.74 Å². The molecule has 1 aromatic heterocycles. The molecule has 4 heteroatoms. The zero-order valence-corrected chi connectivity index (χ0v) is 10.9. The van der Waals surface area contributed by atoms with Crippen LogP contribution >= 0.6 is 31.9 Å². The standard InChI is InChI=1S/C9H11Br2NO/c1-5(2)13-9-6(3)4-7(10)8(11)12-9/h4-5H,1-3H3. The van der Waals surface area contributed by atoms with Crippen molar-refractivity contribution in [2.45, 2.75) is 26.9 Å². The smallest absolute Gasteiger partial charge is 0.217 e. The summed E-state index contributed by atoms with van der Waals surface area (Å²) in [6.07, 6.45) is 0.152. The lowest BCUT2D eigenvalue weighted by atomic mass is 10.3. The third-order valence-electron chi connectivity index (χ3n) is 1.42. The predicted molar refractivity (Wildman–Crippen MR) is 60.1 cm³/mol. The maximum absolute atomic E-state index is 5.52. The van der Waals surface area contributed by atoms with Crippen molar-refractivity contribution in [3.63, 3.8) is 0 Å². The molecular formula is C9H11Br2NO. The van der Waals surface area contributed by atoms with Crippen LogP contribution < -0.4 is 4.74 Å². The first-order valence-corrected chi connectivity index (χ1v) is 5.58. The minimum Gasteiger partial charge on any atom is -0.475 e. The van der Waals surface area contributed by atoms with Gasteiger partial charge in [0.1, 0.15) is 4.60 Å². The van der Waals surface area contributed by atoms with E-state index in [9.17, 15) is 0 Å². The van der Waals surface area contributed by atoms with E-state index in [-0.39, 0.29) is 6.10 Å². The third kappa shape index (κ3) is 2.95. The summed E-state index contributed by atoms with van der Waals surface area (Å²) in [7, 11) is 0. The quantitative estimate of drug-likeness (QED) is 0.777. The molecule has 0 N–H and O–H groups in total. The van der Waals surface area contributed by atoms with Gasteiger partial charge >= 0.3 is 0 Å². The van der Waals surface area contributed by atoms with Crippen molar-refractivity contribution >= 4 is 31.9 Å². The summed E-state index contributed by atoms with van der Waals surface area (Å²) in [5.41, 5.74) is 1.03. The highest BCUT2D eigenvalue weighted by Gasteiger charge is 2.07. The first kappa shape index (κ1) is 11.0. The zero-order valence-electron chi connectivity index (χ0n) is 7.77. The maximum atomic E-state index is 5.52. The molecule has 1 heterocycles. The van der Waals surface area contributed by atoms with E-state index in [1.54, 1.807) is 0 Å². The summed E-state index contributed by atoms with van der Waals surface area (Å²) >= 11 is 6.71. The normalized spacial score (nSPS) is 10.6. The van der Waals surface area contributed by atoms with Crippen LogP contribution in [0.25, 0.3) is 0 Å². The van der Waals surface area contributed by atoms with Crippen molar-refractivity contribution in [3.05, 3.63) is 20.7 Å². The lowest BCUT2D eigenvalue weighted by Gasteiger charge is -2.11. The number of ether oxygens (including phenoxy) is 1. The summed E-state index contributed by atoms with van der Waals surface area (Å²) < 4.78 is 7.24. The van der Waals surface area contributed by atoms with Gasteiger partial charge in [0.15, 0.2) is 0 Å². The maximum Gasteiger partial charge on any atom is 0.217 e. The minimum absolute atomic E-state index is 0.152. The molecule has 0 radical (unpaired) electrons. The van der Waals surface area contributed by atoms with Gasteiger partial charge in [-0.2, -0.15) is 0 Å².